The molecule has 0 atom stereocenters. The highest BCUT2D eigenvalue weighted by molar-refractivity contribution is 6.00. The Bertz CT molecular complexity index is 1310. The van der Waals surface area contributed by atoms with Crippen molar-refractivity contribution in [3.05, 3.63) is 118 Å². The van der Waals surface area contributed by atoms with Crippen molar-refractivity contribution >= 4 is 18.0 Å². The van der Waals surface area contributed by atoms with Crippen molar-refractivity contribution in [3.8, 4) is 5.75 Å². The minimum absolute atomic E-state index is 0.00326. The van der Waals surface area contributed by atoms with Crippen LogP contribution in [0, 0.1) is 0 Å². The fraction of sp³-hybridized carbons (Fsp3) is 0.200. The lowest BCUT2D eigenvalue weighted by molar-refractivity contribution is 0.0659. The fourth-order valence-corrected chi connectivity index (χ4v) is 5.06. The Hall–Kier alpha value is -4.12. The van der Waals surface area contributed by atoms with Gasteiger partial charge < -0.3 is 14.7 Å². The molecule has 1 amide bonds. The summed E-state index contributed by atoms with van der Waals surface area (Å²) >= 11 is 0. The number of rotatable bonds is 6. The molecular weight excluding hydrogens is 438 g/mol. The van der Waals surface area contributed by atoms with Crippen LogP contribution in [0.1, 0.15) is 48.5 Å². The summed E-state index contributed by atoms with van der Waals surface area (Å²) in [5, 5.41) is 9.27. The van der Waals surface area contributed by atoms with Gasteiger partial charge in [-0.2, -0.15) is 0 Å². The number of allylic oxidation sites excluding steroid dienone is 3. The summed E-state index contributed by atoms with van der Waals surface area (Å²) in [6, 6.07) is 19.0. The van der Waals surface area contributed by atoms with Crippen LogP contribution in [0.4, 0.5) is 0 Å². The van der Waals surface area contributed by atoms with E-state index in [9.17, 15) is 14.7 Å². The number of methoxy groups -OCH3 is 1. The molecule has 5 heteroatoms. The lowest BCUT2D eigenvalue weighted by Crippen LogP contribution is -2.41. The van der Waals surface area contributed by atoms with Crippen molar-refractivity contribution < 1.29 is 19.4 Å². The highest BCUT2D eigenvalue weighted by Crippen LogP contribution is 2.33. The number of ether oxygens (including phenoxy) is 1. The SMILES string of the molecule is COc1ccc2c(c1C(=O)N(Cc1ccc(C(=O)O)cc1)C1Cc3ccccc3C1)CC=CC=C2. The van der Waals surface area contributed by atoms with Gasteiger partial charge in [0.05, 0.1) is 18.2 Å². The van der Waals surface area contributed by atoms with E-state index in [1.807, 2.05) is 47.4 Å². The smallest absolute Gasteiger partial charge is 0.335 e. The maximum Gasteiger partial charge on any atom is 0.335 e. The first-order valence-corrected chi connectivity index (χ1v) is 11.8. The van der Waals surface area contributed by atoms with Crippen LogP contribution in [0.3, 0.4) is 0 Å². The van der Waals surface area contributed by atoms with Gasteiger partial charge in [0, 0.05) is 12.6 Å². The Labute approximate surface area is 205 Å². The number of benzene rings is 3. The molecule has 0 spiro atoms. The van der Waals surface area contributed by atoms with Gasteiger partial charge in [0.25, 0.3) is 5.91 Å². The van der Waals surface area contributed by atoms with Crippen LogP contribution in [0.5, 0.6) is 5.75 Å². The molecule has 35 heavy (non-hydrogen) atoms. The third-order valence-electron chi connectivity index (χ3n) is 6.87. The summed E-state index contributed by atoms with van der Waals surface area (Å²) in [5.41, 5.74) is 6.22. The van der Waals surface area contributed by atoms with E-state index in [0.717, 1.165) is 29.5 Å². The molecule has 0 saturated heterocycles. The summed E-state index contributed by atoms with van der Waals surface area (Å²) in [7, 11) is 1.60. The van der Waals surface area contributed by atoms with Crippen molar-refractivity contribution in [3.63, 3.8) is 0 Å². The fourth-order valence-electron chi connectivity index (χ4n) is 5.06. The first-order chi connectivity index (χ1) is 17.0. The molecule has 5 nitrogen and oxygen atoms in total. The van der Waals surface area contributed by atoms with Gasteiger partial charge >= 0.3 is 5.97 Å². The van der Waals surface area contributed by atoms with Gasteiger partial charge in [-0.05, 0) is 65.3 Å². The van der Waals surface area contributed by atoms with Gasteiger partial charge in [0.1, 0.15) is 5.75 Å². The van der Waals surface area contributed by atoms with E-state index in [0.29, 0.717) is 24.3 Å². The third kappa shape index (κ3) is 4.50. The molecule has 0 radical (unpaired) electrons. The molecule has 3 aromatic carbocycles. The topological polar surface area (TPSA) is 66.8 Å². The molecule has 0 fully saturated rings. The molecule has 5 rings (SSSR count). The number of carboxylic acids is 1. The van der Waals surface area contributed by atoms with Crippen LogP contribution in [0.15, 0.2) is 78.9 Å². The Morgan fingerprint density at radius 1 is 0.971 bits per heavy atom. The van der Waals surface area contributed by atoms with Crippen molar-refractivity contribution in [2.45, 2.75) is 31.8 Å². The predicted octanol–water partition coefficient (Wildman–Crippen LogP) is 5.33. The number of fused-ring (bicyclic) bond motifs is 2. The maximum atomic E-state index is 14.3. The second-order valence-corrected chi connectivity index (χ2v) is 8.97. The average molecular weight is 466 g/mol. The van der Waals surface area contributed by atoms with Crippen LogP contribution in [-0.4, -0.2) is 35.0 Å². The van der Waals surface area contributed by atoms with E-state index >= 15 is 0 Å². The molecule has 0 aliphatic heterocycles. The quantitative estimate of drug-likeness (QED) is 0.534. The molecule has 3 aromatic rings. The normalized spacial score (nSPS) is 14.2. The van der Waals surface area contributed by atoms with Crippen LogP contribution in [0.25, 0.3) is 6.08 Å². The number of hydrogen-bond acceptors (Lipinski definition) is 3. The summed E-state index contributed by atoms with van der Waals surface area (Å²) in [5.74, 6) is -0.463. The Morgan fingerprint density at radius 2 is 1.69 bits per heavy atom. The number of aromatic carboxylic acids is 1. The second kappa shape index (κ2) is 9.63. The Balaban J connectivity index is 1.56. The van der Waals surface area contributed by atoms with Crippen LogP contribution < -0.4 is 4.74 Å². The third-order valence-corrected chi connectivity index (χ3v) is 6.87. The van der Waals surface area contributed by atoms with Crippen LogP contribution in [-0.2, 0) is 25.8 Å². The molecule has 0 aromatic heterocycles. The number of carbonyl (C=O) groups is 2. The van der Waals surface area contributed by atoms with E-state index in [1.165, 1.54) is 11.1 Å². The zero-order chi connectivity index (χ0) is 24.4. The van der Waals surface area contributed by atoms with Gasteiger partial charge in [0.15, 0.2) is 0 Å². The minimum Gasteiger partial charge on any atom is -0.496 e. The predicted molar refractivity (Wildman–Crippen MR) is 136 cm³/mol. The molecule has 2 aliphatic rings. The molecule has 1 N–H and O–H groups in total. The molecular formula is C30H27NO4. The zero-order valence-electron chi connectivity index (χ0n) is 19.6. The lowest BCUT2D eigenvalue weighted by atomic mass is 9.95. The van der Waals surface area contributed by atoms with Gasteiger partial charge in [-0.15, -0.1) is 0 Å². The van der Waals surface area contributed by atoms with Gasteiger partial charge in [-0.3, -0.25) is 4.79 Å². The van der Waals surface area contributed by atoms with Crippen LogP contribution >= 0.6 is 0 Å². The summed E-state index contributed by atoms with van der Waals surface area (Å²) < 4.78 is 5.68. The van der Waals surface area contributed by atoms with Crippen molar-refractivity contribution in [2.24, 2.45) is 0 Å². The number of hydrogen-bond donors (Lipinski definition) is 1. The van der Waals surface area contributed by atoms with Gasteiger partial charge in [-0.1, -0.05) is 66.8 Å². The molecule has 176 valence electrons. The maximum absolute atomic E-state index is 14.3. The average Bonchev–Trinajstić information content (AvgIpc) is 3.16. The first kappa shape index (κ1) is 22.7. The summed E-state index contributed by atoms with van der Waals surface area (Å²) in [6.07, 6.45) is 10.3. The highest BCUT2D eigenvalue weighted by atomic mass is 16.5. The summed E-state index contributed by atoms with van der Waals surface area (Å²) in [4.78, 5) is 27.6. The molecule has 0 unspecified atom stereocenters. The second-order valence-electron chi connectivity index (χ2n) is 8.97. The molecule has 0 bridgehead atoms. The Morgan fingerprint density at radius 3 is 2.34 bits per heavy atom. The van der Waals surface area contributed by atoms with E-state index < -0.39 is 5.97 Å². The minimum atomic E-state index is -0.964. The molecule has 0 heterocycles. The lowest BCUT2D eigenvalue weighted by Gasteiger charge is -2.31. The van der Waals surface area contributed by atoms with Crippen molar-refractivity contribution in [1.29, 1.82) is 0 Å². The van der Waals surface area contributed by atoms with Crippen LogP contribution in [0.2, 0.25) is 0 Å². The molecule has 2 aliphatic carbocycles. The summed E-state index contributed by atoms with van der Waals surface area (Å²) in [6.45, 7) is 0.385. The number of carboxylic acid groups (broad SMARTS) is 1. The number of carbonyl (C=O) groups excluding carboxylic acids is 1. The monoisotopic (exact) mass is 465 g/mol. The largest absolute Gasteiger partial charge is 0.496 e. The van der Waals surface area contributed by atoms with Crippen molar-refractivity contribution in [1.82, 2.24) is 4.90 Å². The number of amides is 1. The molecule has 0 saturated carbocycles. The van der Waals surface area contributed by atoms with Crippen molar-refractivity contribution in [2.75, 3.05) is 7.11 Å². The number of nitrogens with zero attached hydrogens (tertiary/aromatic N) is 1. The van der Waals surface area contributed by atoms with E-state index in [4.69, 9.17) is 4.74 Å². The standard InChI is InChI=1S/C30H27NO4/c1-35-27-16-15-21-7-3-2-4-10-26(21)28(27)29(32)31(19-20-11-13-22(14-12-20)30(33)34)25-17-23-8-5-6-9-24(23)18-25/h2-9,11-16,25H,10,17-19H2,1H3,(H,33,34). The van der Waals surface area contributed by atoms with E-state index in [-0.39, 0.29) is 17.5 Å². The van der Waals surface area contributed by atoms with E-state index in [1.54, 1.807) is 31.4 Å². The first-order valence-electron chi connectivity index (χ1n) is 11.8. The van der Waals surface area contributed by atoms with E-state index in [2.05, 4.69) is 18.2 Å². The zero-order valence-corrected chi connectivity index (χ0v) is 19.6. The van der Waals surface area contributed by atoms with Gasteiger partial charge in [0.2, 0.25) is 0 Å². The highest BCUT2D eigenvalue weighted by Gasteiger charge is 2.33. The van der Waals surface area contributed by atoms with Gasteiger partial charge in [-0.25, -0.2) is 4.79 Å². The Kier molecular flexibility index (Phi) is 6.23.